The van der Waals surface area contributed by atoms with Gasteiger partial charge in [0.25, 0.3) is 5.56 Å². The molecule has 0 saturated heterocycles. The van der Waals surface area contributed by atoms with Crippen LogP contribution in [0.1, 0.15) is 56.1 Å². The molecule has 0 atom stereocenters. The van der Waals surface area contributed by atoms with Crippen molar-refractivity contribution in [3.8, 4) is 6.07 Å². The van der Waals surface area contributed by atoms with Crippen LogP contribution < -0.4 is 15.4 Å². The predicted octanol–water partition coefficient (Wildman–Crippen LogP) is 5.14. The standard InChI is InChI=1S/C29H33ClFN5O2/c1-34(28-23(15-32)29(38)35(2)25-12-13-26(30)33-27(25)28)21-7-9-22(10-8-21)36(16-18-4-3-5-18)24-11-6-20(31)14-19(24)17-37/h6,11-14,18,21-22,37H,3-5,7-10,16-17H2,1-2H3. The molecule has 1 aromatic carbocycles. The number of aliphatic hydroxyl groups excluding tert-OH is 1. The van der Waals surface area contributed by atoms with Gasteiger partial charge in [-0.05, 0) is 74.8 Å². The van der Waals surface area contributed by atoms with Gasteiger partial charge in [0.05, 0.1) is 17.8 Å². The van der Waals surface area contributed by atoms with Crippen molar-refractivity contribution in [3.63, 3.8) is 0 Å². The molecule has 2 heterocycles. The molecule has 9 heteroatoms. The Kier molecular flexibility index (Phi) is 7.60. The Morgan fingerprint density at radius 2 is 1.87 bits per heavy atom. The summed E-state index contributed by atoms with van der Waals surface area (Å²) in [6.07, 6.45) is 7.18. The van der Waals surface area contributed by atoms with Gasteiger partial charge in [0.15, 0.2) is 0 Å². The molecule has 2 aliphatic rings. The van der Waals surface area contributed by atoms with Gasteiger partial charge in [0.1, 0.15) is 28.1 Å². The quantitative estimate of drug-likeness (QED) is 0.420. The van der Waals surface area contributed by atoms with E-state index in [4.69, 9.17) is 11.6 Å². The Bertz CT molecular complexity index is 1440. The molecule has 0 aliphatic heterocycles. The van der Waals surface area contributed by atoms with E-state index in [1.54, 1.807) is 25.2 Å². The van der Waals surface area contributed by atoms with Gasteiger partial charge in [-0.15, -0.1) is 0 Å². The summed E-state index contributed by atoms with van der Waals surface area (Å²) in [5, 5.41) is 20.2. The Hall–Kier alpha value is -3.15. The van der Waals surface area contributed by atoms with Gasteiger partial charge < -0.3 is 19.5 Å². The first-order valence-corrected chi connectivity index (χ1v) is 13.7. The molecule has 2 fully saturated rings. The van der Waals surface area contributed by atoms with Crippen molar-refractivity contribution in [2.45, 2.75) is 63.6 Å². The van der Waals surface area contributed by atoms with E-state index in [1.807, 2.05) is 11.9 Å². The first-order valence-electron chi connectivity index (χ1n) is 13.3. The fourth-order valence-electron chi connectivity index (χ4n) is 6.11. The minimum Gasteiger partial charge on any atom is -0.392 e. The first kappa shape index (κ1) is 26.5. The number of nitriles is 1. The summed E-state index contributed by atoms with van der Waals surface area (Å²) < 4.78 is 15.4. The van der Waals surface area contributed by atoms with Crippen LogP contribution in [0.25, 0.3) is 11.0 Å². The topological polar surface area (TPSA) is 85.4 Å². The van der Waals surface area contributed by atoms with E-state index in [-0.39, 0.29) is 35.6 Å². The molecule has 38 heavy (non-hydrogen) atoms. The van der Waals surface area contributed by atoms with Crippen molar-refractivity contribution in [3.05, 3.63) is 62.8 Å². The molecule has 5 rings (SSSR count). The molecule has 3 aromatic rings. The number of fused-ring (bicyclic) bond motifs is 1. The maximum Gasteiger partial charge on any atom is 0.270 e. The SMILES string of the molecule is CN(c1c(C#N)c(=O)n(C)c2ccc(Cl)nc12)C1CCC(N(CC2CCC2)c2ccc(F)cc2CO)CC1. The number of pyridine rings is 2. The van der Waals surface area contributed by atoms with Crippen LogP contribution in [0, 0.1) is 23.1 Å². The summed E-state index contributed by atoms with van der Waals surface area (Å²) in [7, 11) is 3.57. The smallest absolute Gasteiger partial charge is 0.270 e. The third-order valence-electron chi connectivity index (χ3n) is 8.50. The first-order chi connectivity index (χ1) is 18.3. The van der Waals surface area contributed by atoms with Crippen LogP contribution in [0.3, 0.4) is 0 Å². The van der Waals surface area contributed by atoms with Gasteiger partial charge in [-0.25, -0.2) is 9.37 Å². The lowest BCUT2D eigenvalue weighted by Gasteiger charge is -2.44. The largest absolute Gasteiger partial charge is 0.392 e. The van der Waals surface area contributed by atoms with Gasteiger partial charge in [0, 0.05) is 44.0 Å². The Labute approximate surface area is 227 Å². The van der Waals surface area contributed by atoms with E-state index in [1.165, 1.54) is 36.0 Å². The van der Waals surface area contributed by atoms with Crippen molar-refractivity contribution in [1.29, 1.82) is 5.26 Å². The third-order valence-corrected chi connectivity index (χ3v) is 8.71. The zero-order valence-corrected chi connectivity index (χ0v) is 22.6. The van der Waals surface area contributed by atoms with Crippen molar-refractivity contribution in [2.75, 3.05) is 23.4 Å². The van der Waals surface area contributed by atoms with Crippen molar-refractivity contribution >= 4 is 34.0 Å². The van der Waals surface area contributed by atoms with E-state index < -0.39 is 0 Å². The normalized spacial score (nSPS) is 19.7. The maximum absolute atomic E-state index is 13.9. The highest BCUT2D eigenvalue weighted by Gasteiger charge is 2.33. The highest BCUT2D eigenvalue weighted by atomic mass is 35.5. The number of halogens is 2. The summed E-state index contributed by atoms with van der Waals surface area (Å²) in [6, 6.07) is 10.6. The maximum atomic E-state index is 13.9. The van der Waals surface area contributed by atoms with Crippen molar-refractivity contribution < 1.29 is 9.50 Å². The van der Waals surface area contributed by atoms with Crippen LogP contribution in [-0.4, -0.2) is 40.3 Å². The minimum atomic E-state index is -0.348. The van der Waals surface area contributed by atoms with Crippen LogP contribution in [-0.2, 0) is 13.7 Å². The number of hydrogen-bond donors (Lipinski definition) is 1. The summed E-state index contributed by atoms with van der Waals surface area (Å²) in [5.41, 5.74) is 2.98. The van der Waals surface area contributed by atoms with Gasteiger partial charge in [-0.1, -0.05) is 18.0 Å². The van der Waals surface area contributed by atoms with Gasteiger partial charge in [0.2, 0.25) is 0 Å². The number of nitrogens with zero attached hydrogens (tertiary/aromatic N) is 5. The van der Waals surface area contributed by atoms with Crippen LogP contribution in [0.15, 0.2) is 35.1 Å². The molecule has 2 aromatic heterocycles. The number of hydrogen-bond acceptors (Lipinski definition) is 6. The average Bonchev–Trinajstić information content (AvgIpc) is 2.90. The molecule has 0 unspecified atom stereocenters. The van der Waals surface area contributed by atoms with E-state index >= 15 is 0 Å². The predicted molar refractivity (Wildman–Crippen MR) is 148 cm³/mol. The van der Waals surface area contributed by atoms with E-state index in [0.717, 1.165) is 37.9 Å². The number of anilines is 2. The molecule has 2 saturated carbocycles. The Morgan fingerprint density at radius 3 is 2.50 bits per heavy atom. The number of aromatic nitrogens is 2. The molecule has 200 valence electrons. The highest BCUT2D eigenvalue weighted by molar-refractivity contribution is 6.29. The summed E-state index contributed by atoms with van der Waals surface area (Å²) in [5.74, 6) is 0.280. The van der Waals surface area contributed by atoms with Gasteiger partial charge in [-0.3, -0.25) is 4.79 Å². The van der Waals surface area contributed by atoms with Crippen molar-refractivity contribution in [2.24, 2.45) is 13.0 Å². The molecule has 0 amide bonds. The van der Waals surface area contributed by atoms with E-state index in [0.29, 0.717) is 33.4 Å². The zero-order valence-electron chi connectivity index (χ0n) is 21.8. The lowest BCUT2D eigenvalue weighted by Crippen LogP contribution is -2.46. The zero-order chi connectivity index (χ0) is 27.0. The lowest BCUT2D eigenvalue weighted by atomic mass is 9.83. The van der Waals surface area contributed by atoms with Crippen molar-refractivity contribution in [1.82, 2.24) is 9.55 Å². The fourth-order valence-corrected chi connectivity index (χ4v) is 6.26. The monoisotopic (exact) mass is 537 g/mol. The van der Waals surface area contributed by atoms with Gasteiger partial charge in [-0.2, -0.15) is 5.26 Å². The number of aryl methyl sites for hydroxylation is 1. The molecule has 0 radical (unpaired) electrons. The summed E-state index contributed by atoms with van der Waals surface area (Å²) >= 11 is 6.23. The third kappa shape index (κ3) is 4.85. The number of aliphatic hydroxyl groups is 1. The fraction of sp³-hybridized carbons (Fsp3) is 0.483. The molecule has 2 aliphatic carbocycles. The van der Waals surface area contributed by atoms with E-state index in [2.05, 4.69) is 16.0 Å². The van der Waals surface area contributed by atoms with Crippen LogP contribution in [0.4, 0.5) is 15.8 Å². The molecule has 0 spiro atoms. The number of rotatable bonds is 7. The lowest BCUT2D eigenvalue weighted by molar-refractivity contribution is 0.275. The Morgan fingerprint density at radius 1 is 1.16 bits per heavy atom. The van der Waals surface area contributed by atoms with Crippen LogP contribution in [0.5, 0.6) is 0 Å². The second-order valence-electron chi connectivity index (χ2n) is 10.7. The minimum absolute atomic E-state index is 0.0740. The number of benzene rings is 1. The summed E-state index contributed by atoms with van der Waals surface area (Å²) in [6.45, 7) is 0.707. The second-order valence-corrected chi connectivity index (χ2v) is 11.0. The molecule has 1 N–H and O–H groups in total. The molecule has 0 bridgehead atoms. The highest BCUT2D eigenvalue weighted by Crippen LogP contribution is 2.38. The van der Waals surface area contributed by atoms with Crippen LogP contribution >= 0.6 is 11.6 Å². The van der Waals surface area contributed by atoms with E-state index in [9.17, 15) is 19.6 Å². The second kappa shape index (κ2) is 10.9. The Balaban J connectivity index is 1.42. The average molecular weight is 538 g/mol. The molecular weight excluding hydrogens is 505 g/mol. The summed E-state index contributed by atoms with van der Waals surface area (Å²) in [4.78, 5) is 22.0. The van der Waals surface area contributed by atoms with Crippen LogP contribution in [0.2, 0.25) is 5.15 Å². The molecular formula is C29H33ClFN5O2. The molecule has 7 nitrogen and oxygen atoms in total. The van der Waals surface area contributed by atoms with Gasteiger partial charge >= 0.3 is 0 Å².